The summed E-state index contributed by atoms with van der Waals surface area (Å²) >= 11 is 0. The number of nitrogens with one attached hydrogen (secondary N) is 1. The SMILES string of the molecule is CC(C)(CO)CNCC1COc2ccccc2O1. The van der Waals surface area contributed by atoms with Gasteiger partial charge in [0.15, 0.2) is 11.5 Å². The minimum Gasteiger partial charge on any atom is -0.486 e. The van der Waals surface area contributed by atoms with Crippen molar-refractivity contribution < 1.29 is 14.6 Å². The van der Waals surface area contributed by atoms with E-state index in [4.69, 9.17) is 14.6 Å². The van der Waals surface area contributed by atoms with E-state index in [1.165, 1.54) is 0 Å². The first-order chi connectivity index (χ1) is 8.61. The fourth-order valence-electron chi connectivity index (χ4n) is 1.79. The van der Waals surface area contributed by atoms with Crippen molar-refractivity contribution in [3.8, 4) is 11.5 Å². The van der Waals surface area contributed by atoms with Crippen LogP contribution in [-0.4, -0.2) is 37.5 Å². The number of hydrogen-bond acceptors (Lipinski definition) is 4. The number of hydrogen-bond donors (Lipinski definition) is 2. The highest BCUT2D eigenvalue weighted by atomic mass is 16.6. The second kappa shape index (κ2) is 5.59. The van der Waals surface area contributed by atoms with Crippen molar-refractivity contribution in [2.24, 2.45) is 5.41 Å². The van der Waals surface area contributed by atoms with Crippen LogP contribution in [0.5, 0.6) is 11.5 Å². The van der Waals surface area contributed by atoms with E-state index >= 15 is 0 Å². The molecule has 4 nitrogen and oxygen atoms in total. The van der Waals surface area contributed by atoms with Crippen LogP contribution in [0, 0.1) is 5.41 Å². The Balaban J connectivity index is 1.80. The predicted octanol–water partition coefficient (Wildman–Crippen LogP) is 1.43. The largest absolute Gasteiger partial charge is 0.486 e. The number of para-hydroxylation sites is 2. The fraction of sp³-hybridized carbons (Fsp3) is 0.571. The summed E-state index contributed by atoms with van der Waals surface area (Å²) < 4.78 is 11.5. The molecule has 0 amide bonds. The highest BCUT2D eigenvalue weighted by Gasteiger charge is 2.22. The number of ether oxygens (including phenoxy) is 2. The molecule has 2 N–H and O–H groups in total. The lowest BCUT2D eigenvalue weighted by Gasteiger charge is -2.28. The van der Waals surface area contributed by atoms with Crippen LogP contribution in [0.1, 0.15) is 13.8 Å². The zero-order valence-electron chi connectivity index (χ0n) is 11.0. The van der Waals surface area contributed by atoms with E-state index in [2.05, 4.69) is 5.32 Å². The summed E-state index contributed by atoms with van der Waals surface area (Å²) in [6, 6.07) is 7.70. The number of fused-ring (bicyclic) bond motifs is 1. The average molecular weight is 251 g/mol. The van der Waals surface area contributed by atoms with Gasteiger partial charge in [-0.1, -0.05) is 26.0 Å². The molecule has 0 bridgehead atoms. The molecule has 1 atom stereocenters. The summed E-state index contributed by atoms with van der Waals surface area (Å²) in [6.45, 7) is 6.25. The molecule has 0 radical (unpaired) electrons. The molecule has 0 saturated carbocycles. The molecule has 18 heavy (non-hydrogen) atoms. The highest BCUT2D eigenvalue weighted by molar-refractivity contribution is 5.40. The Morgan fingerprint density at radius 2 is 2.06 bits per heavy atom. The standard InChI is InChI=1S/C14H21NO3/c1-14(2,10-16)9-15-7-11-8-17-12-5-3-4-6-13(12)18-11/h3-6,11,15-16H,7-10H2,1-2H3. The van der Waals surface area contributed by atoms with Crippen LogP contribution in [0.3, 0.4) is 0 Å². The number of rotatable bonds is 5. The number of benzene rings is 1. The summed E-state index contributed by atoms with van der Waals surface area (Å²) in [5.74, 6) is 1.61. The quantitative estimate of drug-likeness (QED) is 0.831. The van der Waals surface area contributed by atoms with Gasteiger partial charge in [0.1, 0.15) is 12.7 Å². The molecule has 0 aromatic heterocycles. The maximum absolute atomic E-state index is 9.17. The van der Waals surface area contributed by atoms with Gasteiger partial charge in [0.2, 0.25) is 0 Å². The Morgan fingerprint density at radius 3 is 2.78 bits per heavy atom. The molecule has 1 aliphatic rings. The van der Waals surface area contributed by atoms with Crippen LogP contribution < -0.4 is 14.8 Å². The molecule has 0 fully saturated rings. The van der Waals surface area contributed by atoms with Gasteiger partial charge in [0.05, 0.1) is 0 Å². The van der Waals surface area contributed by atoms with E-state index < -0.39 is 0 Å². The Bertz CT molecular complexity index is 392. The van der Waals surface area contributed by atoms with E-state index in [1.54, 1.807) is 0 Å². The van der Waals surface area contributed by atoms with Crippen molar-refractivity contribution in [1.29, 1.82) is 0 Å². The minimum atomic E-state index is -0.104. The van der Waals surface area contributed by atoms with Gasteiger partial charge in [0, 0.05) is 25.1 Å². The zero-order chi connectivity index (χ0) is 13.0. The summed E-state index contributed by atoms with van der Waals surface area (Å²) in [6.07, 6.45) is 0.0226. The lowest BCUT2D eigenvalue weighted by molar-refractivity contribution is 0.0848. The summed E-state index contributed by atoms with van der Waals surface area (Å²) in [5, 5.41) is 12.5. The molecule has 1 aromatic carbocycles. The lowest BCUT2D eigenvalue weighted by Crippen LogP contribution is -2.42. The Kier molecular flexibility index (Phi) is 4.09. The molecule has 4 heteroatoms. The van der Waals surface area contributed by atoms with Crippen LogP contribution in [-0.2, 0) is 0 Å². The van der Waals surface area contributed by atoms with Crippen LogP contribution in [0.15, 0.2) is 24.3 Å². The third-order valence-corrected chi connectivity index (χ3v) is 2.97. The first-order valence-electron chi connectivity index (χ1n) is 6.31. The molecule has 0 spiro atoms. The number of aliphatic hydroxyl groups is 1. The molecule has 1 unspecified atom stereocenters. The Hall–Kier alpha value is -1.26. The molecule has 100 valence electrons. The van der Waals surface area contributed by atoms with Gasteiger partial charge in [-0.3, -0.25) is 0 Å². The molecule has 0 aliphatic carbocycles. The normalized spacial score (nSPS) is 18.7. The maximum atomic E-state index is 9.17. The fourth-order valence-corrected chi connectivity index (χ4v) is 1.79. The minimum absolute atomic E-state index is 0.0226. The van der Waals surface area contributed by atoms with Gasteiger partial charge in [-0.25, -0.2) is 0 Å². The van der Waals surface area contributed by atoms with Crippen molar-refractivity contribution in [3.63, 3.8) is 0 Å². The van der Waals surface area contributed by atoms with Gasteiger partial charge in [-0.15, -0.1) is 0 Å². The Morgan fingerprint density at radius 1 is 1.33 bits per heavy atom. The third kappa shape index (κ3) is 3.37. The van der Waals surface area contributed by atoms with Crippen molar-refractivity contribution in [2.45, 2.75) is 20.0 Å². The molecule has 2 rings (SSSR count). The van der Waals surface area contributed by atoms with Crippen molar-refractivity contribution in [1.82, 2.24) is 5.32 Å². The number of aliphatic hydroxyl groups excluding tert-OH is 1. The van der Waals surface area contributed by atoms with Gasteiger partial charge < -0.3 is 19.9 Å². The second-order valence-corrected chi connectivity index (χ2v) is 5.45. The highest BCUT2D eigenvalue weighted by Crippen LogP contribution is 2.30. The first kappa shape index (κ1) is 13.2. The second-order valence-electron chi connectivity index (χ2n) is 5.45. The maximum Gasteiger partial charge on any atom is 0.161 e. The molecular formula is C14H21NO3. The van der Waals surface area contributed by atoms with Crippen molar-refractivity contribution >= 4 is 0 Å². The molecule has 0 saturated heterocycles. The van der Waals surface area contributed by atoms with Crippen LogP contribution in [0.2, 0.25) is 0 Å². The molecule has 1 aromatic rings. The van der Waals surface area contributed by atoms with Crippen LogP contribution in [0.4, 0.5) is 0 Å². The Labute approximate surface area is 108 Å². The molecule has 1 aliphatic heterocycles. The summed E-state index contributed by atoms with van der Waals surface area (Å²) in [4.78, 5) is 0. The average Bonchev–Trinajstić information content (AvgIpc) is 2.38. The van der Waals surface area contributed by atoms with Gasteiger partial charge in [-0.05, 0) is 12.1 Å². The van der Waals surface area contributed by atoms with Gasteiger partial charge in [-0.2, -0.15) is 0 Å². The van der Waals surface area contributed by atoms with E-state index in [-0.39, 0.29) is 18.1 Å². The van der Waals surface area contributed by atoms with Gasteiger partial charge >= 0.3 is 0 Å². The van der Waals surface area contributed by atoms with E-state index in [0.29, 0.717) is 6.61 Å². The van der Waals surface area contributed by atoms with Crippen LogP contribution in [0.25, 0.3) is 0 Å². The summed E-state index contributed by atoms with van der Waals surface area (Å²) in [7, 11) is 0. The molecular weight excluding hydrogens is 230 g/mol. The lowest BCUT2D eigenvalue weighted by atomic mass is 9.95. The smallest absolute Gasteiger partial charge is 0.161 e. The summed E-state index contributed by atoms with van der Waals surface area (Å²) in [5.41, 5.74) is -0.104. The van der Waals surface area contributed by atoms with E-state index in [1.807, 2.05) is 38.1 Å². The van der Waals surface area contributed by atoms with E-state index in [0.717, 1.165) is 24.6 Å². The zero-order valence-corrected chi connectivity index (χ0v) is 11.0. The van der Waals surface area contributed by atoms with Crippen molar-refractivity contribution in [3.05, 3.63) is 24.3 Å². The van der Waals surface area contributed by atoms with E-state index in [9.17, 15) is 0 Å². The predicted molar refractivity (Wildman–Crippen MR) is 70.1 cm³/mol. The first-order valence-corrected chi connectivity index (χ1v) is 6.31. The van der Waals surface area contributed by atoms with Crippen molar-refractivity contribution in [2.75, 3.05) is 26.3 Å². The topological polar surface area (TPSA) is 50.7 Å². The third-order valence-electron chi connectivity index (χ3n) is 2.97. The monoisotopic (exact) mass is 251 g/mol. The van der Waals surface area contributed by atoms with Gasteiger partial charge in [0.25, 0.3) is 0 Å². The van der Waals surface area contributed by atoms with Crippen LogP contribution >= 0.6 is 0 Å². The molecule has 1 heterocycles.